The summed E-state index contributed by atoms with van der Waals surface area (Å²) in [5.74, 6) is 0. The molecule has 0 bridgehead atoms. The summed E-state index contributed by atoms with van der Waals surface area (Å²) in [7, 11) is 0. The van der Waals surface area contributed by atoms with Crippen molar-refractivity contribution in [2.75, 3.05) is 0 Å². The van der Waals surface area contributed by atoms with Gasteiger partial charge < -0.3 is 0 Å². The average molecular weight is 264 g/mol. The summed E-state index contributed by atoms with van der Waals surface area (Å²) in [4.78, 5) is 0. The van der Waals surface area contributed by atoms with Crippen LogP contribution in [-0.4, -0.2) is 10.2 Å². The van der Waals surface area contributed by atoms with Crippen molar-refractivity contribution in [1.82, 2.24) is 10.2 Å². The monoisotopic (exact) mass is 264 g/mol. The molecule has 0 N–H and O–H groups in total. The zero-order valence-electron chi connectivity index (χ0n) is 8.47. The zero-order chi connectivity index (χ0) is 11.1. The molecule has 0 unspecified atom stereocenters. The number of benzene rings is 1. The summed E-state index contributed by atoms with van der Waals surface area (Å²) in [5.41, 5.74) is 2.46. The minimum atomic E-state index is 0.708. The first-order valence-electron chi connectivity index (χ1n) is 4.75. The van der Waals surface area contributed by atoms with Gasteiger partial charge in [-0.1, -0.05) is 23.5 Å². The van der Waals surface area contributed by atoms with Crippen molar-refractivity contribution in [3.63, 3.8) is 0 Å². The average Bonchev–Trinajstić information content (AvgIpc) is 2.86. The minimum Gasteiger partial charge on any atom is -0.144 e. The van der Waals surface area contributed by atoms with E-state index in [0.717, 1.165) is 10.6 Å². The van der Waals surface area contributed by atoms with Crippen molar-refractivity contribution in [2.45, 2.75) is 11.3 Å². The second-order valence-corrected chi connectivity index (χ2v) is 6.10. The van der Waals surface area contributed by atoms with Gasteiger partial charge in [0, 0.05) is 15.6 Å². The van der Waals surface area contributed by atoms with Gasteiger partial charge in [0.05, 0.1) is 0 Å². The molecule has 3 rings (SSSR count). The molecule has 0 aliphatic carbocycles. The highest BCUT2D eigenvalue weighted by molar-refractivity contribution is 7.82. The molecule has 0 radical (unpaired) electrons. The highest BCUT2D eigenvalue weighted by atomic mass is 32.2. The Morgan fingerprint density at radius 3 is 2.88 bits per heavy atom. The Hall–Kier alpha value is -0.910. The van der Waals surface area contributed by atoms with Crippen LogP contribution in [0.15, 0.2) is 27.9 Å². The molecular weight excluding hydrogens is 256 g/mol. The van der Waals surface area contributed by atoms with Gasteiger partial charge >= 0.3 is 0 Å². The van der Waals surface area contributed by atoms with Crippen molar-refractivity contribution in [1.29, 1.82) is 0 Å². The maximum absolute atomic E-state index is 4.21. The number of hydrogen-bond acceptors (Lipinski definition) is 5. The van der Waals surface area contributed by atoms with Gasteiger partial charge in [-0.2, -0.15) is 0 Å². The molecule has 80 valence electrons. The number of aryl methyl sites for hydroxylation is 1. The molecule has 0 atom stereocenters. The van der Waals surface area contributed by atoms with E-state index in [2.05, 4.69) is 53.3 Å². The van der Waals surface area contributed by atoms with E-state index < -0.39 is 0 Å². The molecule has 16 heavy (non-hydrogen) atoms. The fourth-order valence-corrected chi connectivity index (χ4v) is 3.64. The second-order valence-electron chi connectivity index (χ2n) is 3.49. The van der Waals surface area contributed by atoms with E-state index in [-0.39, 0.29) is 0 Å². The molecule has 2 aromatic heterocycles. The molecule has 0 saturated carbocycles. The standard InChI is InChI=1S/C11H8N2S3/c1-6-5-15-8-4-2-3-7(9(6)8)10-12-13-11(14)16-10/h2-5H,1H3,(H,13,14). The van der Waals surface area contributed by atoms with Crippen molar-refractivity contribution in [3.8, 4) is 10.6 Å². The van der Waals surface area contributed by atoms with Gasteiger partial charge in [-0.15, -0.1) is 34.2 Å². The van der Waals surface area contributed by atoms with E-state index in [9.17, 15) is 0 Å². The fraction of sp³-hybridized carbons (Fsp3) is 0.0909. The molecule has 3 aromatic rings. The summed E-state index contributed by atoms with van der Waals surface area (Å²) in [5, 5.41) is 12.5. The van der Waals surface area contributed by atoms with Crippen LogP contribution in [0.2, 0.25) is 0 Å². The molecule has 0 aliphatic heterocycles. The quantitative estimate of drug-likeness (QED) is 0.672. The Morgan fingerprint density at radius 1 is 1.25 bits per heavy atom. The fourth-order valence-electron chi connectivity index (χ4n) is 1.75. The lowest BCUT2D eigenvalue weighted by molar-refractivity contribution is 1.02. The topological polar surface area (TPSA) is 25.8 Å². The third kappa shape index (κ3) is 1.55. The number of hydrogen-bond donors (Lipinski definition) is 1. The Kier molecular flexibility index (Phi) is 2.46. The summed E-state index contributed by atoms with van der Waals surface area (Å²) in [6, 6.07) is 6.29. The van der Waals surface area contributed by atoms with Gasteiger partial charge in [-0.05, 0) is 23.9 Å². The van der Waals surface area contributed by atoms with Crippen LogP contribution in [0, 0.1) is 6.92 Å². The number of thiol groups is 1. The van der Waals surface area contributed by atoms with Crippen LogP contribution < -0.4 is 0 Å². The number of rotatable bonds is 1. The lowest BCUT2D eigenvalue weighted by Gasteiger charge is -1.99. The maximum atomic E-state index is 4.21. The summed E-state index contributed by atoms with van der Waals surface area (Å²) < 4.78 is 2.01. The normalized spacial score (nSPS) is 11.1. The van der Waals surface area contributed by atoms with Crippen LogP contribution in [0.25, 0.3) is 20.7 Å². The van der Waals surface area contributed by atoms with Crippen LogP contribution in [0.3, 0.4) is 0 Å². The SMILES string of the molecule is Cc1csc2cccc(-c3nnc(S)s3)c12. The van der Waals surface area contributed by atoms with Gasteiger partial charge in [0.1, 0.15) is 5.01 Å². The van der Waals surface area contributed by atoms with E-state index in [1.165, 1.54) is 27.0 Å². The maximum Gasteiger partial charge on any atom is 0.171 e. The largest absolute Gasteiger partial charge is 0.171 e. The highest BCUT2D eigenvalue weighted by Gasteiger charge is 2.11. The third-order valence-corrected chi connectivity index (χ3v) is 4.62. The Labute approximate surface area is 106 Å². The number of nitrogens with zero attached hydrogens (tertiary/aromatic N) is 2. The van der Waals surface area contributed by atoms with E-state index in [1.807, 2.05) is 0 Å². The highest BCUT2D eigenvalue weighted by Crippen LogP contribution is 2.36. The lowest BCUT2D eigenvalue weighted by Crippen LogP contribution is -1.79. The molecule has 0 spiro atoms. The molecule has 2 nitrogen and oxygen atoms in total. The second kappa shape index (κ2) is 3.84. The van der Waals surface area contributed by atoms with E-state index in [1.54, 1.807) is 11.3 Å². The van der Waals surface area contributed by atoms with E-state index in [0.29, 0.717) is 4.34 Å². The van der Waals surface area contributed by atoms with Gasteiger partial charge in [0.15, 0.2) is 4.34 Å². The van der Waals surface area contributed by atoms with Crippen LogP contribution >= 0.6 is 35.3 Å². The van der Waals surface area contributed by atoms with Crippen molar-refractivity contribution >= 4 is 45.4 Å². The molecule has 0 saturated heterocycles. The molecule has 0 amide bonds. The van der Waals surface area contributed by atoms with Crippen molar-refractivity contribution in [2.24, 2.45) is 0 Å². The predicted molar refractivity (Wildman–Crippen MR) is 72.7 cm³/mol. The van der Waals surface area contributed by atoms with Crippen LogP contribution in [-0.2, 0) is 0 Å². The minimum absolute atomic E-state index is 0.708. The smallest absolute Gasteiger partial charge is 0.144 e. The zero-order valence-corrected chi connectivity index (χ0v) is 11.0. The molecule has 0 fully saturated rings. The molecular formula is C11H8N2S3. The van der Waals surface area contributed by atoms with Gasteiger partial charge in [-0.25, -0.2) is 0 Å². The van der Waals surface area contributed by atoms with Gasteiger partial charge in [0.2, 0.25) is 0 Å². The lowest BCUT2D eigenvalue weighted by atomic mass is 10.1. The number of thiophene rings is 1. The first kappa shape index (κ1) is 10.3. The summed E-state index contributed by atoms with van der Waals surface area (Å²) >= 11 is 7.49. The summed E-state index contributed by atoms with van der Waals surface area (Å²) in [6.07, 6.45) is 0. The van der Waals surface area contributed by atoms with Crippen LogP contribution in [0.4, 0.5) is 0 Å². The number of aromatic nitrogens is 2. The number of fused-ring (bicyclic) bond motifs is 1. The molecule has 1 aromatic carbocycles. The van der Waals surface area contributed by atoms with Gasteiger partial charge in [0.25, 0.3) is 0 Å². The summed E-state index contributed by atoms with van der Waals surface area (Å²) in [6.45, 7) is 2.13. The molecule has 2 heterocycles. The Bertz CT molecular complexity index is 654. The molecule has 5 heteroatoms. The first-order valence-corrected chi connectivity index (χ1v) is 6.89. The van der Waals surface area contributed by atoms with Crippen LogP contribution in [0.1, 0.15) is 5.56 Å². The Morgan fingerprint density at radius 2 is 2.12 bits per heavy atom. The van der Waals surface area contributed by atoms with Gasteiger partial charge in [-0.3, -0.25) is 0 Å². The van der Waals surface area contributed by atoms with E-state index in [4.69, 9.17) is 0 Å². The molecule has 0 aliphatic rings. The van der Waals surface area contributed by atoms with E-state index >= 15 is 0 Å². The van der Waals surface area contributed by atoms with Crippen molar-refractivity contribution in [3.05, 3.63) is 29.1 Å². The van der Waals surface area contributed by atoms with Crippen molar-refractivity contribution < 1.29 is 0 Å². The Balaban J connectivity index is 2.34. The predicted octanol–water partition coefficient (Wildman–Crippen LogP) is 4.02. The first-order chi connectivity index (χ1) is 7.75. The third-order valence-electron chi connectivity index (χ3n) is 2.43. The van der Waals surface area contributed by atoms with Crippen LogP contribution in [0.5, 0.6) is 0 Å².